The third-order valence-electron chi connectivity index (χ3n) is 3.47. The van der Waals surface area contributed by atoms with Gasteiger partial charge in [0, 0.05) is 5.56 Å². The highest BCUT2D eigenvalue weighted by Gasteiger charge is 2.20. The molecule has 0 spiro atoms. The molecule has 2 N–H and O–H groups in total. The fraction of sp³-hybridized carbons (Fsp3) is 0.235. The van der Waals surface area contributed by atoms with E-state index in [1.807, 2.05) is 0 Å². The first-order valence-electron chi connectivity index (χ1n) is 7.00. The highest BCUT2D eigenvalue weighted by molar-refractivity contribution is 5.94. The predicted molar refractivity (Wildman–Crippen MR) is 81.2 cm³/mol. The molecular weight excluding hydrogens is 304 g/mol. The second-order valence-corrected chi connectivity index (χ2v) is 5.11. The van der Waals surface area contributed by atoms with Crippen molar-refractivity contribution in [3.8, 4) is 5.75 Å². The summed E-state index contributed by atoms with van der Waals surface area (Å²) in [6.45, 7) is 1.62. The predicted octanol–water partition coefficient (Wildman–Crippen LogP) is 2.83. The van der Waals surface area contributed by atoms with Crippen LogP contribution < -0.4 is 10.1 Å². The fourth-order valence-corrected chi connectivity index (χ4v) is 2.10. The highest BCUT2D eigenvalue weighted by atomic mass is 19.2. The van der Waals surface area contributed by atoms with E-state index in [1.54, 1.807) is 31.2 Å². The van der Waals surface area contributed by atoms with Crippen molar-refractivity contribution in [1.82, 2.24) is 5.32 Å². The standard InChI is InChI=1S/C17H17F2NO3/c1-10(16(21)11-3-6-13(23-2)7-4-11)20-17(22)12-5-8-14(18)15(19)9-12/h3-10,16,21H,1-2H3,(H,20,22). The quantitative estimate of drug-likeness (QED) is 0.890. The monoisotopic (exact) mass is 321 g/mol. The fourth-order valence-electron chi connectivity index (χ4n) is 2.10. The Hall–Kier alpha value is -2.47. The van der Waals surface area contributed by atoms with Crippen molar-refractivity contribution < 1.29 is 23.4 Å². The summed E-state index contributed by atoms with van der Waals surface area (Å²) in [6, 6.07) is 9.02. The molecule has 0 aliphatic heterocycles. The summed E-state index contributed by atoms with van der Waals surface area (Å²) in [6.07, 6.45) is -0.949. The molecule has 1 amide bonds. The minimum absolute atomic E-state index is 0.0160. The number of methoxy groups -OCH3 is 1. The molecule has 0 aliphatic rings. The molecule has 2 rings (SSSR count). The van der Waals surface area contributed by atoms with Crippen molar-refractivity contribution in [3.05, 3.63) is 65.2 Å². The molecular formula is C17H17F2NO3. The molecule has 0 fully saturated rings. The molecule has 6 heteroatoms. The Balaban J connectivity index is 2.05. The average Bonchev–Trinajstić information content (AvgIpc) is 2.56. The van der Waals surface area contributed by atoms with Gasteiger partial charge >= 0.3 is 0 Å². The van der Waals surface area contributed by atoms with Gasteiger partial charge in [-0.25, -0.2) is 8.78 Å². The molecule has 0 radical (unpaired) electrons. The summed E-state index contributed by atoms with van der Waals surface area (Å²) in [7, 11) is 1.54. The van der Waals surface area contributed by atoms with Gasteiger partial charge in [0.2, 0.25) is 0 Å². The maximum atomic E-state index is 13.2. The first kappa shape index (κ1) is 16.9. The van der Waals surface area contributed by atoms with Crippen LogP contribution in [0.25, 0.3) is 0 Å². The van der Waals surface area contributed by atoms with E-state index in [0.29, 0.717) is 11.3 Å². The molecule has 0 saturated carbocycles. The van der Waals surface area contributed by atoms with Crippen LogP contribution in [0.3, 0.4) is 0 Å². The van der Waals surface area contributed by atoms with Crippen LogP contribution in [0.4, 0.5) is 8.78 Å². The van der Waals surface area contributed by atoms with E-state index in [-0.39, 0.29) is 5.56 Å². The molecule has 2 atom stereocenters. The van der Waals surface area contributed by atoms with Gasteiger partial charge in [-0.15, -0.1) is 0 Å². The van der Waals surface area contributed by atoms with Crippen LogP contribution in [0, 0.1) is 11.6 Å². The van der Waals surface area contributed by atoms with E-state index in [0.717, 1.165) is 12.1 Å². The number of hydrogen-bond donors (Lipinski definition) is 2. The van der Waals surface area contributed by atoms with Crippen molar-refractivity contribution in [2.45, 2.75) is 19.1 Å². The van der Waals surface area contributed by atoms with Crippen LogP contribution in [0.15, 0.2) is 42.5 Å². The number of aliphatic hydroxyl groups is 1. The van der Waals surface area contributed by atoms with Gasteiger partial charge in [-0.1, -0.05) is 12.1 Å². The molecule has 122 valence electrons. The zero-order valence-electron chi connectivity index (χ0n) is 12.7. The summed E-state index contributed by atoms with van der Waals surface area (Å²) in [4.78, 5) is 12.0. The lowest BCUT2D eigenvalue weighted by molar-refractivity contribution is 0.0851. The second kappa shape index (κ2) is 7.19. The van der Waals surface area contributed by atoms with Crippen molar-refractivity contribution in [2.24, 2.45) is 0 Å². The number of rotatable bonds is 5. The van der Waals surface area contributed by atoms with Crippen LogP contribution in [-0.4, -0.2) is 24.2 Å². The van der Waals surface area contributed by atoms with Gasteiger partial charge in [0.25, 0.3) is 5.91 Å². The van der Waals surface area contributed by atoms with Crippen molar-refractivity contribution in [1.29, 1.82) is 0 Å². The van der Waals surface area contributed by atoms with Gasteiger partial charge in [0.1, 0.15) is 5.75 Å². The molecule has 0 heterocycles. The molecule has 0 aliphatic carbocycles. The number of hydrogen-bond acceptors (Lipinski definition) is 3. The van der Waals surface area contributed by atoms with E-state index >= 15 is 0 Å². The Morgan fingerprint density at radius 3 is 2.35 bits per heavy atom. The van der Waals surface area contributed by atoms with Crippen LogP contribution in [-0.2, 0) is 0 Å². The SMILES string of the molecule is COc1ccc(C(O)C(C)NC(=O)c2ccc(F)c(F)c2)cc1. The Labute approximate surface area is 132 Å². The zero-order valence-corrected chi connectivity index (χ0v) is 12.7. The lowest BCUT2D eigenvalue weighted by Crippen LogP contribution is -2.37. The van der Waals surface area contributed by atoms with Gasteiger partial charge in [0.05, 0.1) is 19.3 Å². The van der Waals surface area contributed by atoms with Gasteiger partial charge in [-0.2, -0.15) is 0 Å². The lowest BCUT2D eigenvalue weighted by Gasteiger charge is -2.21. The summed E-state index contributed by atoms with van der Waals surface area (Å²) in [5, 5.41) is 12.8. The molecule has 4 nitrogen and oxygen atoms in total. The van der Waals surface area contributed by atoms with Gasteiger partial charge in [-0.3, -0.25) is 4.79 Å². The van der Waals surface area contributed by atoms with Crippen LogP contribution in [0.2, 0.25) is 0 Å². The zero-order chi connectivity index (χ0) is 17.0. The van der Waals surface area contributed by atoms with E-state index in [1.165, 1.54) is 13.2 Å². The molecule has 2 aromatic carbocycles. The number of amides is 1. The maximum absolute atomic E-state index is 13.2. The highest BCUT2D eigenvalue weighted by Crippen LogP contribution is 2.20. The van der Waals surface area contributed by atoms with Gasteiger partial charge in [-0.05, 0) is 42.8 Å². The Kier molecular flexibility index (Phi) is 5.28. The molecule has 2 aromatic rings. The largest absolute Gasteiger partial charge is 0.497 e. The van der Waals surface area contributed by atoms with E-state index in [9.17, 15) is 18.7 Å². The third kappa shape index (κ3) is 4.04. The van der Waals surface area contributed by atoms with E-state index in [2.05, 4.69) is 5.32 Å². The number of carbonyl (C=O) groups excluding carboxylic acids is 1. The van der Waals surface area contributed by atoms with Crippen LogP contribution in [0.1, 0.15) is 28.9 Å². The smallest absolute Gasteiger partial charge is 0.251 e. The number of aliphatic hydroxyl groups excluding tert-OH is 1. The molecule has 0 aromatic heterocycles. The maximum Gasteiger partial charge on any atom is 0.251 e. The van der Waals surface area contributed by atoms with Crippen LogP contribution in [0.5, 0.6) is 5.75 Å². The average molecular weight is 321 g/mol. The number of ether oxygens (including phenoxy) is 1. The molecule has 0 bridgehead atoms. The summed E-state index contributed by atoms with van der Waals surface area (Å²) in [5.74, 6) is -2.06. The first-order valence-corrected chi connectivity index (χ1v) is 7.00. The van der Waals surface area contributed by atoms with Crippen molar-refractivity contribution in [3.63, 3.8) is 0 Å². The molecule has 2 unspecified atom stereocenters. The summed E-state index contributed by atoms with van der Waals surface area (Å²) in [5.41, 5.74) is 0.585. The van der Waals surface area contributed by atoms with E-state index < -0.39 is 29.7 Å². The number of nitrogens with one attached hydrogen (secondary N) is 1. The van der Waals surface area contributed by atoms with Crippen molar-refractivity contribution in [2.75, 3.05) is 7.11 Å². The number of halogens is 2. The third-order valence-corrected chi connectivity index (χ3v) is 3.47. The lowest BCUT2D eigenvalue weighted by atomic mass is 10.0. The normalized spacial score (nSPS) is 13.3. The molecule has 23 heavy (non-hydrogen) atoms. The molecule has 0 saturated heterocycles. The first-order chi connectivity index (χ1) is 10.9. The summed E-state index contributed by atoms with van der Waals surface area (Å²) >= 11 is 0. The Morgan fingerprint density at radius 1 is 1.13 bits per heavy atom. The summed E-state index contributed by atoms with van der Waals surface area (Å²) < 4.78 is 31.1. The van der Waals surface area contributed by atoms with E-state index in [4.69, 9.17) is 4.74 Å². The second-order valence-electron chi connectivity index (χ2n) is 5.11. The van der Waals surface area contributed by atoms with Gasteiger partial charge < -0.3 is 15.2 Å². The topological polar surface area (TPSA) is 58.6 Å². The number of carbonyl (C=O) groups is 1. The number of benzene rings is 2. The van der Waals surface area contributed by atoms with Gasteiger partial charge in [0.15, 0.2) is 11.6 Å². The minimum atomic E-state index is -1.10. The van der Waals surface area contributed by atoms with Crippen molar-refractivity contribution >= 4 is 5.91 Å². The minimum Gasteiger partial charge on any atom is -0.497 e. The Bertz CT molecular complexity index is 689. The Morgan fingerprint density at radius 2 is 1.78 bits per heavy atom. The van der Waals surface area contributed by atoms with Crippen LogP contribution >= 0.6 is 0 Å².